The first-order valence-corrected chi connectivity index (χ1v) is 11.4. The normalized spacial score (nSPS) is 16.5. The highest BCUT2D eigenvalue weighted by atomic mass is 16.5. The van der Waals surface area contributed by atoms with Crippen LogP contribution in [0.1, 0.15) is 31.7 Å². The summed E-state index contributed by atoms with van der Waals surface area (Å²) in [5, 5.41) is 6.65. The van der Waals surface area contributed by atoms with Crippen LogP contribution in [0.4, 0.5) is 5.82 Å². The van der Waals surface area contributed by atoms with Crippen molar-refractivity contribution in [3.05, 3.63) is 54.2 Å². The molecule has 1 aliphatic heterocycles. The van der Waals surface area contributed by atoms with E-state index in [9.17, 15) is 4.79 Å². The maximum absolute atomic E-state index is 11.7. The van der Waals surface area contributed by atoms with Gasteiger partial charge < -0.3 is 26.0 Å². The quantitative estimate of drug-likeness (QED) is 0.299. The van der Waals surface area contributed by atoms with Crippen molar-refractivity contribution in [1.82, 2.24) is 15.6 Å². The molecule has 1 unspecified atom stereocenters. The monoisotopic (exact) mass is 438 g/mol. The number of benzene rings is 1. The van der Waals surface area contributed by atoms with E-state index in [-0.39, 0.29) is 11.8 Å². The summed E-state index contributed by atoms with van der Waals surface area (Å²) in [7, 11) is 0. The third-order valence-electron chi connectivity index (χ3n) is 5.37. The number of pyridine rings is 1. The number of nitrogens with one attached hydrogen (secondary N) is 2. The highest BCUT2D eigenvalue weighted by molar-refractivity contribution is 5.80. The molecular weight excluding hydrogens is 404 g/mol. The zero-order valence-corrected chi connectivity index (χ0v) is 18.8. The van der Waals surface area contributed by atoms with E-state index >= 15 is 0 Å². The number of ether oxygens (including phenoxy) is 1. The van der Waals surface area contributed by atoms with Gasteiger partial charge >= 0.3 is 0 Å². The summed E-state index contributed by atoms with van der Waals surface area (Å²) in [4.78, 5) is 23.1. The fourth-order valence-electron chi connectivity index (χ4n) is 3.73. The van der Waals surface area contributed by atoms with Gasteiger partial charge in [-0.1, -0.05) is 24.3 Å². The van der Waals surface area contributed by atoms with Gasteiger partial charge in [-0.05, 0) is 44.4 Å². The number of aromatic nitrogens is 1. The van der Waals surface area contributed by atoms with Crippen LogP contribution in [-0.2, 0) is 11.3 Å². The number of para-hydroxylation sites is 1. The maximum atomic E-state index is 11.7. The van der Waals surface area contributed by atoms with Gasteiger partial charge in [0.2, 0.25) is 5.91 Å². The van der Waals surface area contributed by atoms with Crippen molar-refractivity contribution < 1.29 is 9.53 Å². The Labute approximate surface area is 190 Å². The van der Waals surface area contributed by atoms with Crippen molar-refractivity contribution in [2.45, 2.75) is 32.7 Å². The molecule has 0 spiro atoms. The van der Waals surface area contributed by atoms with E-state index in [1.807, 2.05) is 49.4 Å². The fourth-order valence-corrected chi connectivity index (χ4v) is 3.73. The lowest BCUT2D eigenvalue weighted by atomic mass is 9.97. The number of amides is 1. The molecule has 1 atom stereocenters. The number of anilines is 1. The average molecular weight is 439 g/mol. The van der Waals surface area contributed by atoms with Crippen LogP contribution in [0.5, 0.6) is 5.75 Å². The summed E-state index contributed by atoms with van der Waals surface area (Å²) in [5.41, 5.74) is 6.57. The third-order valence-corrected chi connectivity index (χ3v) is 5.37. The molecule has 0 bridgehead atoms. The molecule has 1 saturated heterocycles. The summed E-state index contributed by atoms with van der Waals surface area (Å²) in [6.07, 6.45) is 4.42. The van der Waals surface area contributed by atoms with Gasteiger partial charge in [-0.2, -0.15) is 0 Å². The lowest BCUT2D eigenvalue weighted by Gasteiger charge is -2.33. The lowest BCUT2D eigenvalue weighted by molar-refractivity contribution is -0.122. The number of carbonyl (C=O) groups excluding carboxylic acids is 1. The largest absolute Gasteiger partial charge is 0.494 e. The van der Waals surface area contributed by atoms with E-state index in [2.05, 4.69) is 20.5 Å². The summed E-state index contributed by atoms with van der Waals surface area (Å²) in [6, 6.07) is 13.8. The van der Waals surface area contributed by atoms with Crippen LogP contribution in [-0.4, -0.2) is 49.6 Å². The molecule has 1 aromatic heterocycles. The Balaban J connectivity index is 1.54. The predicted octanol–water partition coefficient (Wildman–Crippen LogP) is 2.31. The van der Waals surface area contributed by atoms with Gasteiger partial charge in [0, 0.05) is 37.9 Å². The number of nitrogens with zero attached hydrogens (tertiary/aromatic N) is 3. The molecule has 1 aliphatic rings. The molecule has 3 rings (SSSR count). The number of hydrogen-bond acceptors (Lipinski definition) is 5. The first-order chi connectivity index (χ1) is 15.7. The molecular formula is C24H34N6O2. The van der Waals surface area contributed by atoms with Crippen LogP contribution >= 0.6 is 0 Å². The predicted molar refractivity (Wildman–Crippen MR) is 128 cm³/mol. The van der Waals surface area contributed by atoms with Crippen LogP contribution in [0.2, 0.25) is 0 Å². The number of rotatable bonds is 10. The smallest absolute Gasteiger partial charge is 0.222 e. The minimum absolute atomic E-state index is 0.126. The average Bonchev–Trinajstić information content (AvgIpc) is 2.83. The molecule has 1 aromatic carbocycles. The molecule has 0 aliphatic carbocycles. The van der Waals surface area contributed by atoms with E-state index in [0.717, 1.165) is 62.0 Å². The summed E-state index contributed by atoms with van der Waals surface area (Å²) in [5.74, 6) is 2.16. The Morgan fingerprint density at radius 3 is 2.88 bits per heavy atom. The molecule has 0 radical (unpaired) electrons. The van der Waals surface area contributed by atoms with Crippen LogP contribution in [0, 0.1) is 5.92 Å². The second-order valence-corrected chi connectivity index (χ2v) is 7.81. The van der Waals surface area contributed by atoms with E-state index in [4.69, 9.17) is 15.5 Å². The number of aliphatic imine (C=N–C) groups is 1. The summed E-state index contributed by atoms with van der Waals surface area (Å²) < 4.78 is 5.74. The van der Waals surface area contributed by atoms with Crippen LogP contribution < -0.4 is 26.0 Å². The van der Waals surface area contributed by atoms with Crippen molar-refractivity contribution in [2.75, 3.05) is 37.7 Å². The number of primary amides is 1. The Bertz CT molecular complexity index is 874. The Morgan fingerprint density at radius 2 is 2.09 bits per heavy atom. The zero-order valence-electron chi connectivity index (χ0n) is 18.8. The number of carbonyl (C=O) groups is 1. The molecule has 4 N–H and O–H groups in total. The third kappa shape index (κ3) is 7.14. The second kappa shape index (κ2) is 12.5. The Hall–Kier alpha value is -3.29. The van der Waals surface area contributed by atoms with Crippen molar-refractivity contribution in [2.24, 2.45) is 16.6 Å². The number of hydrogen-bond donors (Lipinski definition) is 3. The lowest BCUT2D eigenvalue weighted by Crippen LogP contribution is -2.42. The van der Waals surface area contributed by atoms with E-state index in [0.29, 0.717) is 19.7 Å². The maximum Gasteiger partial charge on any atom is 0.222 e. The molecule has 1 amide bonds. The van der Waals surface area contributed by atoms with Crippen LogP contribution in [0.3, 0.4) is 0 Å². The second-order valence-electron chi connectivity index (χ2n) is 7.81. The molecule has 2 heterocycles. The van der Waals surface area contributed by atoms with Gasteiger partial charge in [-0.25, -0.2) is 9.98 Å². The fraction of sp³-hybridized carbons (Fsp3) is 0.458. The van der Waals surface area contributed by atoms with Gasteiger partial charge in [0.25, 0.3) is 0 Å². The Kier molecular flexibility index (Phi) is 9.16. The summed E-state index contributed by atoms with van der Waals surface area (Å²) in [6.45, 7) is 6.20. The van der Waals surface area contributed by atoms with Crippen molar-refractivity contribution in [3.8, 4) is 5.75 Å². The standard InChI is InChI=1S/C24H34N6O2/c1-2-26-24(28-14-8-16-32-21-11-4-3-5-12-21)29-17-19-9-6-13-27-23(19)30-15-7-10-20(18-30)22(25)31/h3-6,9,11-13,20H,2,7-8,10,14-18H2,1H3,(H2,25,31)(H2,26,28,29). The Morgan fingerprint density at radius 1 is 1.25 bits per heavy atom. The van der Waals surface area contributed by atoms with Gasteiger partial charge in [0.05, 0.1) is 19.1 Å². The van der Waals surface area contributed by atoms with Crippen molar-refractivity contribution in [3.63, 3.8) is 0 Å². The topological polar surface area (TPSA) is 105 Å². The first-order valence-electron chi connectivity index (χ1n) is 11.4. The molecule has 1 fully saturated rings. The zero-order chi connectivity index (χ0) is 22.6. The summed E-state index contributed by atoms with van der Waals surface area (Å²) >= 11 is 0. The molecule has 8 nitrogen and oxygen atoms in total. The minimum Gasteiger partial charge on any atom is -0.494 e. The van der Waals surface area contributed by atoms with Gasteiger partial charge in [-0.3, -0.25) is 4.79 Å². The van der Waals surface area contributed by atoms with Gasteiger partial charge in [0.1, 0.15) is 11.6 Å². The molecule has 0 saturated carbocycles. The van der Waals surface area contributed by atoms with Gasteiger partial charge in [-0.15, -0.1) is 0 Å². The van der Waals surface area contributed by atoms with E-state index in [1.54, 1.807) is 6.20 Å². The number of nitrogens with two attached hydrogens (primary N) is 1. The number of piperidine rings is 1. The molecule has 8 heteroatoms. The van der Waals surface area contributed by atoms with E-state index < -0.39 is 0 Å². The SMILES string of the molecule is CCNC(=NCc1cccnc1N1CCCC(C(N)=O)C1)NCCCOc1ccccc1. The van der Waals surface area contributed by atoms with Crippen molar-refractivity contribution >= 4 is 17.7 Å². The van der Waals surface area contributed by atoms with Crippen LogP contribution in [0.25, 0.3) is 0 Å². The van der Waals surface area contributed by atoms with Crippen LogP contribution in [0.15, 0.2) is 53.7 Å². The highest BCUT2D eigenvalue weighted by Crippen LogP contribution is 2.24. The van der Waals surface area contributed by atoms with E-state index in [1.165, 1.54) is 0 Å². The number of guanidine groups is 1. The molecule has 2 aromatic rings. The molecule has 172 valence electrons. The minimum atomic E-state index is -0.236. The van der Waals surface area contributed by atoms with Crippen molar-refractivity contribution in [1.29, 1.82) is 0 Å². The first kappa shape index (κ1) is 23.4. The molecule has 32 heavy (non-hydrogen) atoms. The van der Waals surface area contributed by atoms with Gasteiger partial charge in [0.15, 0.2) is 5.96 Å². The highest BCUT2D eigenvalue weighted by Gasteiger charge is 2.25.